The number of rotatable bonds is 7. The number of esters is 1. The molecule has 1 aliphatic carbocycles. The minimum absolute atomic E-state index is 0.0338. The normalized spacial score (nSPS) is 22.4. The van der Waals surface area contributed by atoms with E-state index in [0.717, 1.165) is 29.5 Å². The standard InChI is InChI=1S/C33H34N2O6/c1-2-39-30(36)33(34-31(37)40-20-22-10-4-3-5-11-22)18-23-16-17-24(19-33)35(23)32(38)41-21-29-27-14-8-6-12-25(27)26-13-7-9-15-28(26)29/h3-15,23-24,29H,2,16-21H2,1H3,(H,34,37). The summed E-state index contributed by atoms with van der Waals surface area (Å²) < 4.78 is 16.8. The molecule has 0 saturated carbocycles. The Labute approximate surface area is 239 Å². The van der Waals surface area contributed by atoms with Crippen LogP contribution in [0.25, 0.3) is 11.1 Å². The first-order valence-electron chi connectivity index (χ1n) is 14.3. The third kappa shape index (κ3) is 5.14. The molecule has 3 aromatic carbocycles. The van der Waals surface area contributed by atoms with Gasteiger partial charge in [0.15, 0.2) is 0 Å². The largest absolute Gasteiger partial charge is 0.464 e. The van der Waals surface area contributed by atoms with Gasteiger partial charge in [0, 0.05) is 30.8 Å². The molecule has 2 fully saturated rings. The molecule has 2 saturated heterocycles. The number of carbonyl (C=O) groups excluding carboxylic acids is 3. The first-order valence-corrected chi connectivity index (χ1v) is 14.3. The zero-order chi connectivity index (χ0) is 28.4. The zero-order valence-corrected chi connectivity index (χ0v) is 23.1. The van der Waals surface area contributed by atoms with Gasteiger partial charge in [0.2, 0.25) is 0 Å². The summed E-state index contributed by atoms with van der Waals surface area (Å²) in [7, 11) is 0. The molecule has 2 aliphatic heterocycles. The topological polar surface area (TPSA) is 94.2 Å². The van der Waals surface area contributed by atoms with E-state index < -0.39 is 17.6 Å². The molecule has 2 unspecified atom stereocenters. The summed E-state index contributed by atoms with van der Waals surface area (Å²) in [6, 6.07) is 25.3. The SMILES string of the molecule is CCOC(=O)C1(NC(=O)OCc2ccccc2)CC2CCC(C1)N2C(=O)OCC1c2ccccc2-c2ccccc21. The number of hydrogen-bond donors (Lipinski definition) is 1. The maximum Gasteiger partial charge on any atom is 0.410 e. The van der Waals surface area contributed by atoms with Crippen molar-refractivity contribution in [1.82, 2.24) is 10.2 Å². The van der Waals surface area contributed by atoms with Crippen LogP contribution in [-0.4, -0.2) is 53.9 Å². The van der Waals surface area contributed by atoms with Crippen molar-refractivity contribution in [1.29, 1.82) is 0 Å². The quantitative estimate of drug-likeness (QED) is 0.294. The molecular formula is C33H34N2O6. The summed E-state index contributed by atoms with van der Waals surface area (Å²) in [5.74, 6) is -0.533. The second kappa shape index (κ2) is 11.3. The van der Waals surface area contributed by atoms with E-state index in [1.54, 1.807) is 11.8 Å². The summed E-state index contributed by atoms with van der Waals surface area (Å²) in [6.45, 7) is 2.24. The second-order valence-corrected chi connectivity index (χ2v) is 11.0. The van der Waals surface area contributed by atoms with Gasteiger partial charge in [0.25, 0.3) is 0 Å². The third-order valence-electron chi connectivity index (χ3n) is 8.56. The molecule has 8 nitrogen and oxygen atoms in total. The number of amides is 2. The van der Waals surface area contributed by atoms with Gasteiger partial charge in [-0.1, -0.05) is 78.9 Å². The predicted octanol–water partition coefficient (Wildman–Crippen LogP) is 5.79. The number of carbonyl (C=O) groups is 3. The second-order valence-electron chi connectivity index (χ2n) is 11.0. The van der Waals surface area contributed by atoms with E-state index in [0.29, 0.717) is 0 Å². The van der Waals surface area contributed by atoms with Crippen molar-refractivity contribution >= 4 is 18.2 Å². The van der Waals surface area contributed by atoms with Gasteiger partial charge in [-0.3, -0.25) is 0 Å². The van der Waals surface area contributed by atoms with Crippen LogP contribution in [0.5, 0.6) is 0 Å². The van der Waals surface area contributed by atoms with Crippen LogP contribution in [-0.2, 0) is 25.6 Å². The van der Waals surface area contributed by atoms with Crippen LogP contribution in [0.4, 0.5) is 9.59 Å². The molecular weight excluding hydrogens is 520 g/mol. The number of nitrogens with one attached hydrogen (secondary N) is 1. The Balaban J connectivity index is 1.14. The zero-order valence-electron chi connectivity index (χ0n) is 23.1. The van der Waals surface area contributed by atoms with Crippen LogP contribution in [0.2, 0.25) is 0 Å². The van der Waals surface area contributed by atoms with E-state index >= 15 is 0 Å². The molecule has 1 N–H and O–H groups in total. The van der Waals surface area contributed by atoms with Gasteiger partial charge in [-0.2, -0.15) is 0 Å². The first kappa shape index (κ1) is 26.9. The molecule has 41 heavy (non-hydrogen) atoms. The Bertz CT molecular complexity index is 1380. The number of alkyl carbamates (subject to hydrolysis) is 1. The van der Waals surface area contributed by atoms with Gasteiger partial charge in [0.05, 0.1) is 6.61 Å². The van der Waals surface area contributed by atoms with Crippen molar-refractivity contribution < 1.29 is 28.6 Å². The van der Waals surface area contributed by atoms with Gasteiger partial charge in [0.1, 0.15) is 18.8 Å². The minimum atomic E-state index is -1.27. The summed E-state index contributed by atoms with van der Waals surface area (Å²) in [5.41, 5.74) is 4.23. The van der Waals surface area contributed by atoms with Crippen LogP contribution in [0.1, 0.15) is 55.2 Å². The van der Waals surface area contributed by atoms with Crippen molar-refractivity contribution in [2.24, 2.45) is 0 Å². The number of hydrogen-bond acceptors (Lipinski definition) is 6. The third-order valence-corrected chi connectivity index (χ3v) is 8.56. The minimum Gasteiger partial charge on any atom is -0.464 e. The first-order chi connectivity index (χ1) is 20.0. The highest BCUT2D eigenvalue weighted by Crippen LogP contribution is 2.45. The smallest absolute Gasteiger partial charge is 0.410 e. The fourth-order valence-corrected chi connectivity index (χ4v) is 6.76. The number of piperidine rings is 1. The molecule has 3 aromatic rings. The molecule has 2 bridgehead atoms. The summed E-state index contributed by atoms with van der Waals surface area (Å²) in [5, 5.41) is 2.83. The Morgan fingerprint density at radius 2 is 1.39 bits per heavy atom. The molecule has 2 heterocycles. The van der Waals surface area contributed by atoms with Crippen molar-refractivity contribution in [2.75, 3.05) is 13.2 Å². The van der Waals surface area contributed by atoms with Crippen LogP contribution in [0.15, 0.2) is 78.9 Å². The monoisotopic (exact) mass is 554 g/mol. The van der Waals surface area contributed by atoms with Gasteiger partial charge >= 0.3 is 18.2 Å². The van der Waals surface area contributed by atoms with Gasteiger partial charge in [-0.25, -0.2) is 14.4 Å². The average Bonchev–Trinajstić information content (AvgIpc) is 3.47. The van der Waals surface area contributed by atoms with Crippen LogP contribution < -0.4 is 5.32 Å². The molecule has 2 atom stereocenters. The van der Waals surface area contributed by atoms with Gasteiger partial charge in [-0.15, -0.1) is 0 Å². The molecule has 3 aliphatic rings. The van der Waals surface area contributed by atoms with Crippen molar-refractivity contribution in [3.63, 3.8) is 0 Å². The molecule has 212 valence electrons. The molecule has 0 radical (unpaired) electrons. The molecule has 0 spiro atoms. The van der Waals surface area contributed by atoms with E-state index in [1.807, 2.05) is 54.6 Å². The van der Waals surface area contributed by atoms with Gasteiger partial charge < -0.3 is 24.4 Å². The predicted molar refractivity (Wildman–Crippen MR) is 152 cm³/mol. The van der Waals surface area contributed by atoms with Crippen molar-refractivity contribution in [3.05, 3.63) is 95.6 Å². The van der Waals surface area contributed by atoms with Crippen LogP contribution >= 0.6 is 0 Å². The highest BCUT2D eigenvalue weighted by Gasteiger charge is 2.56. The molecule has 6 rings (SSSR count). The van der Waals surface area contributed by atoms with Crippen molar-refractivity contribution in [2.45, 2.75) is 62.8 Å². The number of nitrogens with zero attached hydrogens (tertiary/aromatic N) is 1. The van der Waals surface area contributed by atoms with Gasteiger partial charge in [-0.05, 0) is 47.6 Å². The molecule has 2 amide bonds. The lowest BCUT2D eigenvalue weighted by Gasteiger charge is -2.44. The number of benzene rings is 3. The Hall–Kier alpha value is -4.33. The highest BCUT2D eigenvalue weighted by atomic mass is 16.6. The van der Waals surface area contributed by atoms with Crippen LogP contribution in [0, 0.1) is 0 Å². The summed E-state index contributed by atoms with van der Waals surface area (Å²) >= 11 is 0. The Morgan fingerprint density at radius 1 is 0.805 bits per heavy atom. The molecule has 0 aromatic heterocycles. The number of fused-ring (bicyclic) bond motifs is 5. The van der Waals surface area contributed by atoms with Crippen LogP contribution in [0.3, 0.4) is 0 Å². The van der Waals surface area contributed by atoms with E-state index in [2.05, 4.69) is 29.6 Å². The lowest BCUT2D eigenvalue weighted by Crippen LogP contribution is -2.64. The maximum absolute atomic E-state index is 13.5. The Kier molecular flexibility index (Phi) is 7.39. The fourth-order valence-electron chi connectivity index (χ4n) is 6.76. The average molecular weight is 555 g/mol. The lowest BCUT2D eigenvalue weighted by molar-refractivity contribution is -0.154. The highest BCUT2D eigenvalue weighted by molar-refractivity contribution is 5.87. The van der Waals surface area contributed by atoms with E-state index in [4.69, 9.17) is 14.2 Å². The van der Waals surface area contributed by atoms with E-state index in [9.17, 15) is 14.4 Å². The van der Waals surface area contributed by atoms with E-state index in [1.165, 1.54) is 11.1 Å². The Morgan fingerprint density at radius 3 is 2.00 bits per heavy atom. The molecule has 8 heteroatoms. The summed E-state index contributed by atoms with van der Waals surface area (Å²) in [6.07, 6.45) is 0.854. The maximum atomic E-state index is 13.5. The lowest BCUT2D eigenvalue weighted by atomic mass is 9.83. The van der Waals surface area contributed by atoms with Crippen molar-refractivity contribution in [3.8, 4) is 11.1 Å². The number of ether oxygens (including phenoxy) is 3. The fraction of sp³-hybridized carbons (Fsp3) is 0.364. The van der Waals surface area contributed by atoms with E-state index in [-0.39, 0.29) is 56.8 Å². The summed E-state index contributed by atoms with van der Waals surface area (Å²) in [4.78, 5) is 41.4.